The van der Waals surface area contributed by atoms with Crippen LogP contribution in [0.25, 0.3) is 5.57 Å². The van der Waals surface area contributed by atoms with Gasteiger partial charge in [0.2, 0.25) is 0 Å². The zero-order valence-corrected chi connectivity index (χ0v) is 18.3. The van der Waals surface area contributed by atoms with Crippen LogP contribution in [0.5, 0.6) is 0 Å². The molecular formula is C24H30F2OS. The van der Waals surface area contributed by atoms with Crippen LogP contribution in [0.15, 0.2) is 30.3 Å². The van der Waals surface area contributed by atoms with Crippen LogP contribution in [-0.2, 0) is 0 Å². The molecule has 2 unspecified atom stereocenters. The molecule has 0 spiro atoms. The lowest BCUT2D eigenvalue weighted by Gasteiger charge is -2.23. The number of halogens is 2. The first-order valence-electron chi connectivity index (χ1n) is 10.1. The number of benzene rings is 1. The maximum Gasteiger partial charge on any atom is 0.169 e. The molecule has 2 atom stereocenters. The highest BCUT2D eigenvalue weighted by molar-refractivity contribution is 7.13. The van der Waals surface area contributed by atoms with E-state index in [9.17, 15) is 13.6 Å². The van der Waals surface area contributed by atoms with E-state index in [-0.39, 0.29) is 18.3 Å². The van der Waals surface area contributed by atoms with Gasteiger partial charge in [-0.25, -0.2) is 8.78 Å². The number of carbonyl (C=O) groups excluding carboxylic acids is 1. The Hall–Kier alpha value is -1.81. The third kappa shape index (κ3) is 5.16. The smallest absolute Gasteiger partial charge is 0.169 e. The molecule has 1 aromatic heterocycles. The van der Waals surface area contributed by atoms with E-state index in [2.05, 4.69) is 39.8 Å². The number of allylic oxidation sites excluding steroid dienone is 2. The van der Waals surface area contributed by atoms with Gasteiger partial charge in [0, 0.05) is 16.2 Å². The molecule has 0 N–H and O–H groups in total. The number of hydrogen-bond donors (Lipinski definition) is 0. The van der Waals surface area contributed by atoms with Gasteiger partial charge in [-0.3, -0.25) is 4.79 Å². The van der Waals surface area contributed by atoms with Gasteiger partial charge in [-0.15, -0.1) is 11.3 Å². The molecule has 0 aliphatic heterocycles. The van der Waals surface area contributed by atoms with Gasteiger partial charge >= 0.3 is 0 Å². The van der Waals surface area contributed by atoms with Crippen molar-refractivity contribution in [3.05, 3.63) is 62.9 Å². The van der Waals surface area contributed by atoms with Gasteiger partial charge in [0.05, 0.1) is 5.56 Å². The predicted molar refractivity (Wildman–Crippen MR) is 115 cm³/mol. The molecule has 152 valence electrons. The van der Waals surface area contributed by atoms with Gasteiger partial charge in [0.25, 0.3) is 0 Å². The summed E-state index contributed by atoms with van der Waals surface area (Å²) in [4.78, 5) is 15.3. The largest absolute Gasteiger partial charge is 0.294 e. The van der Waals surface area contributed by atoms with E-state index in [4.69, 9.17) is 0 Å². The number of rotatable bonds is 9. The first kappa shape index (κ1) is 22.5. The predicted octanol–water partition coefficient (Wildman–Crippen LogP) is 7.76. The number of aryl methyl sites for hydroxylation is 2. The highest BCUT2D eigenvalue weighted by Crippen LogP contribution is 2.35. The van der Waals surface area contributed by atoms with Crippen molar-refractivity contribution in [2.75, 3.05) is 0 Å². The summed E-state index contributed by atoms with van der Waals surface area (Å²) in [6.07, 6.45) is 5.04. The lowest BCUT2D eigenvalue weighted by molar-refractivity contribution is 0.0939. The van der Waals surface area contributed by atoms with E-state index in [0.717, 1.165) is 31.4 Å². The van der Waals surface area contributed by atoms with Gasteiger partial charge < -0.3 is 0 Å². The van der Waals surface area contributed by atoms with Gasteiger partial charge in [0.1, 0.15) is 11.6 Å². The molecule has 0 aliphatic carbocycles. The van der Waals surface area contributed by atoms with Crippen LogP contribution in [0.3, 0.4) is 0 Å². The van der Waals surface area contributed by atoms with Crippen molar-refractivity contribution < 1.29 is 13.6 Å². The van der Waals surface area contributed by atoms with Crippen molar-refractivity contribution in [1.29, 1.82) is 0 Å². The second-order valence-corrected chi connectivity index (χ2v) is 8.64. The lowest BCUT2D eigenvalue weighted by atomic mass is 9.81. The summed E-state index contributed by atoms with van der Waals surface area (Å²) < 4.78 is 28.0. The fourth-order valence-corrected chi connectivity index (χ4v) is 4.98. The number of ketones is 1. The first-order chi connectivity index (χ1) is 13.3. The van der Waals surface area contributed by atoms with Crippen LogP contribution in [0.2, 0.25) is 0 Å². The normalized spacial score (nSPS) is 14.2. The lowest BCUT2D eigenvalue weighted by Crippen LogP contribution is -2.18. The Morgan fingerprint density at radius 2 is 1.75 bits per heavy atom. The Kier molecular flexibility index (Phi) is 8.11. The molecule has 0 saturated carbocycles. The molecule has 0 saturated heterocycles. The van der Waals surface area contributed by atoms with E-state index in [1.54, 1.807) is 11.3 Å². The Bertz CT molecular complexity index is 830. The fourth-order valence-electron chi connectivity index (χ4n) is 3.86. The third-order valence-corrected chi connectivity index (χ3v) is 6.65. The van der Waals surface area contributed by atoms with Gasteiger partial charge in [-0.2, -0.15) is 0 Å². The Balaban J connectivity index is 2.29. The summed E-state index contributed by atoms with van der Waals surface area (Å²) in [6, 6.07) is 5.78. The molecule has 4 heteroatoms. The topological polar surface area (TPSA) is 17.1 Å². The number of thiophene rings is 1. The Morgan fingerprint density at radius 3 is 2.21 bits per heavy atom. The quantitative estimate of drug-likeness (QED) is 0.390. The fraction of sp³-hybridized carbons (Fsp3) is 0.458. The zero-order valence-electron chi connectivity index (χ0n) is 17.4. The standard InChI is InChI=1S/C24H30F2OS/c1-6-17(13-19(8-3)24-15(4)12-16(5)28-24)18(7-2)14-22(27)23-20(25)10-9-11-21(23)26/h9-13,17-18H,6-8,14H2,1-5H3. The number of carbonyl (C=O) groups is 1. The van der Waals surface area contributed by atoms with Gasteiger partial charge in [-0.05, 0) is 67.9 Å². The molecule has 0 bridgehead atoms. The molecule has 1 nitrogen and oxygen atoms in total. The van der Waals surface area contributed by atoms with Crippen molar-refractivity contribution in [3.63, 3.8) is 0 Å². The second kappa shape index (κ2) is 10.1. The second-order valence-electron chi connectivity index (χ2n) is 7.38. The maximum absolute atomic E-state index is 14.0. The Labute approximate surface area is 171 Å². The van der Waals surface area contributed by atoms with E-state index in [1.807, 2.05) is 6.92 Å². The monoisotopic (exact) mass is 404 g/mol. The van der Waals surface area contributed by atoms with Crippen molar-refractivity contribution in [2.24, 2.45) is 11.8 Å². The molecule has 1 heterocycles. The molecular weight excluding hydrogens is 374 g/mol. The average Bonchev–Trinajstić information content (AvgIpc) is 2.99. The highest BCUT2D eigenvalue weighted by atomic mass is 32.1. The molecule has 2 aromatic rings. The van der Waals surface area contributed by atoms with Crippen LogP contribution in [0.1, 0.15) is 72.1 Å². The number of hydrogen-bond acceptors (Lipinski definition) is 2. The van der Waals surface area contributed by atoms with Gasteiger partial charge in [-0.1, -0.05) is 39.3 Å². The minimum atomic E-state index is -0.776. The van der Waals surface area contributed by atoms with Crippen molar-refractivity contribution >= 4 is 22.7 Å². The van der Waals surface area contributed by atoms with E-state index in [1.165, 1.54) is 27.0 Å². The summed E-state index contributed by atoms with van der Waals surface area (Å²) in [7, 11) is 0. The maximum atomic E-state index is 14.0. The van der Waals surface area contributed by atoms with Crippen LogP contribution in [0.4, 0.5) is 8.78 Å². The summed E-state index contributed by atoms with van der Waals surface area (Å²) in [5.41, 5.74) is 2.17. The van der Waals surface area contributed by atoms with E-state index < -0.39 is 23.0 Å². The highest BCUT2D eigenvalue weighted by Gasteiger charge is 2.25. The van der Waals surface area contributed by atoms with Crippen molar-refractivity contribution in [1.82, 2.24) is 0 Å². The average molecular weight is 405 g/mol. The minimum absolute atomic E-state index is 0.0550. The Morgan fingerprint density at radius 1 is 1.11 bits per heavy atom. The third-order valence-electron chi connectivity index (χ3n) is 5.42. The summed E-state index contributed by atoms with van der Waals surface area (Å²) >= 11 is 1.80. The molecule has 0 aliphatic rings. The zero-order chi connectivity index (χ0) is 20.8. The molecule has 0 radical (unpaired) electrons. The van der Waals surface area contributed by atoms with Crippen LogP contribution < -0.4 is 0 Å². The summed E-state index contributed by atoms with van der Waals surface area (Å²) in [6.45, 7) is 10.5. The van der Waals surface area contributed by atoms with Crippen molar-refractivity contribution in [3.8, 4) is 0 Å². The SMILES string of the molecule is CCC(=CC(CC)C(CC)CC(=O)c1c(F)cccc1F)c1sc(C)cc1C. The first-order valence-corrected chi connectivity index (χ1v) is 10.9. The molecule has 1 aromatic carbocycles. The van der Waals surface area contributed by atoms with E-state index >= 15 is 0 Å². The minimum Gasteiger partial charge on any atom is -0.294 e. The van der Waals surface area contributed by atoms with Crippen LogP contribution in [0, 0.1) is 37.3 Å². The molecule has 0 amide bonds. The number of Topliss-reactive ketones (excluding diaryl/α,β-unsaturated/α-hetero) is 1. The van der Waals surface area contributed by atoms with Crippen molar-refractivity contribution in [2.45, 2.75) is 60.3 Å². The van der Waals surface area contributed by atoms with Crippen LogP contribution >= 0.6 is 11.3 Å². The summed E-state index contributed by atoms with van der Waals surface area (Å²) in [5.74, 6) is -1.75. The molecule has 28 heavy (non-hydrogen) atoms. The molecule has 0 fully saturated rings. The summed E-state index contributed by atoms with van der Waals surface area (Å²) in [5, 5.41) is 0. The molecule has 2 rings (SSSR count). The van der Waals surface area contributed by atoms with Gasteiger partial charge in [0.15, 0.2) is 5.78 Å². The van der Waals surface area contributed by atoms with Crippen LogP contribution in [-0.4, -0.2) is 5.78 Å². The van der Waals surface area contributed by atoms with E-state index in [0.29, 0.717) is 0 Å².